The zero-order valence-corrected chi connectivity index (χ0v) is 13.1. The summed E-state index contributed by atoms with van der Waals surface area (Å²) in [7, 11) is 0. The Balaban J connectivity index is 1.81. The van der Waals surface area contributed by atoms with Crippen molar-refractivity contribution in [3.8, 4) is 0 Å². The summed E-state index contributed by atoms with van der Waals surface area (Å²) in [5, 5.41) is 13.6. The Bertz CT molecular complexity index is 815. The maximum atomic E-state index is 11.3. The Hall–Kier alpha value is -2.26. The van der Waals surface area contributed by atoms with E-state index in [9.17, 15) is 9.90 Å². The largest absolute Gasteiger partial charge is 0.478 e. The van der Waals surface area contributed by atoms with Gasteiger partial charge in [0, 0.05) is 16.6 Å². The van der Waals surface area contributed by atoms with Crippen LogP contribution in [0.4, 0.5) is 5.69 Å². The third-order valence-corrected chi connectivity index (χ3v) is 5.19. The normalized spacial score (nSPS) is 24.7. The molecule has 3 atom stereocenters. The van der Waals surface area contributed by atoms with Crippen molar-refractivity contribution in [1.29, 1.82) is 0 Å². The summed E-state index contributed by atoms with van der Waals surface area (Å²) >= 11 is 6.40. The highest BCUT2D eigenvalue weighted by Gasteiger charge is 2.38. The molecule has 3 nitrogen and oxygen atoms in total. The summed E-state index contributed by atoms with van der Waals surface area (Å²) < 4.78 is 0. The number of hydrogen-bond acceptors (Lipinski definition) is 2. The molecule has 4 heteroatoms. The highest BCUT2D eigenvalue weighted by molar-refractivity contribution is 6.31. The van der Waals surface area contributed by atoms with Crippen LogP contribution in [-0.2, 0) is 0 Å². The van der Waals surface area contributed by atoms with Gasteiger partial charge in [-0.05, 0) is 47.7 Å². The fourth-order valence-corrected chi connectivity index (χ4v) is 4.02. The zero-order chi connectivity index (χ0) is 16.0. The summed E-state index contributed by atoms with van der Waals surface area (Å²) in [5.74, 6) is -0.308. The van der Waals surface area contributed by atoms with E-state index in [2.05, 4.69) is 23.5 Å². The molecule has 116 valence electrons. The number of nitrogens with one attached hydrogen (secondary N) is 1. The predicted octanol–water partition coefficient (Wildman–Crippen LogP) is 4.86. The minimum atomic E-state index is -0.889. The van der Waals surface area contributed by atoms with Gasteiger partial charge in [0.05, 0.1) is 11.6 Å². The van der Waals surface area contributed by atoms with Crippen LogP contribution in [0.15, 0.2) is 54.6 Å². The number of fused-ring (bicyclic) bond motifs is 3. The van der Waals surface area contributed by atoms with Crippen molar-refractivity contribution in [3.05, 3.63) is 76.3 Å². The summed E-state index contributed by atoms with van der Waals surface area (Å²) in [4.78, 5) is 11.3. The van der Waals surface area contributed by atoms with Gasteiger partial charge in [-0.3, -0.25) is 0 Å². The molecule has 1 aliphatic heterocycles. The van der Waals surface area contributed by atoms with E-state index in [-0.39, 0.29) is 12.0 Å². The van der Waals surface area contributed by atoms with Gasteiger partial charge in [-0.2, -0.15) is 0 Å². The Morgan fingerprint density at radius 1 is 1.17 bits per heavy atom. The van der Waals surface area contributed by atoms with Crippen LogP contribution in [0.1, 0.15) is 39.9 Å². The van der Waals surface area contributed by atoms with Crippen molar-refractivity contribution in [2.24, 2.45) is 5.92 Å². The van der Waals surface area contributed by atoms with Gasteiger partial charge in [0.25, 0.3) is 0 Å². The van der Waals surface area contributed by atoms with E-state index in [1.54, 1.807) is 12.1 Å². The van der Waals surface area contributed by atoms with E-state index in [4.69, 9.17) is 11.6 Å². The first-order valence-electron chi connectivity index (χ1n) is 7.70. The third kappa shape index (κ3) is 2.32. The van der Waals surface area contributed by atoms with Crippen LogP contribution in [0.3, 0.4) is 0 Å². The topological polar surface area (TPSA) is 49.3 Å². The predicted molar refractivity (Wildman–Crippen MR) is 91.2 cm³/mol. The molecule has 2 aromatic carbocycles. The Kier molecular flexibility index (Phi) is 3.38. The second-order valence-corrected chi connectivity index (χ2v) is 6.51. The van der Waals surface area contributed by atoms with Gasteiger partial charge in [0.1, 0.15) is 0 Å². The highest BCUT2D eigenvalue weighted by Crippen LogP contribution is 2.50. The Morgan fingerprint density at radius 3 is 2.78 bits per heavy atom. The number of carboxylic acids is 1. The van der Waals surface area contributed by atoms with Crippen LogP contribution in [0.2, 0.25) is 5.02 Å². The lowest BCUT2D eigenvalue weighted by molar-refractivity contribution is 0.0696. The molecule has 4 rings (SSSR count). The van der Waals surface area contributed by atoms with Crippen molar-refractivity contribution < 1.29 is 9.90 Å². The maximum absolute atomic E-state index is 11.3. The molecule has 0 bridgehead atoms. The smallest absolute Gasteiger partial charge is 0.335 e. The minimum absolute atomic E-state index is 0.131. The molecule has 2 N–H and O–H groups in total. The van der Waals surface area contributed by atoms with Gasteiger partial charge < -0.3 is 10.4 Å². The van der Waals surface area contributed by atoms with E-state index in [1.807, 2.05) is 24.3 Å². The molecule has 2 aromatic rings. The van der Waals surface area contributed by atoms with E-state index in [1.165, 1.54) is 0 Å². The molecule has 1 aliphatic carbocycles. The average molecular weight is 326 g/mol. The lowest BCUT2D eigenvalue weighted by Crippen LogP contribution is -2.29. The van der Waals surface area contributed by atoms with Gasteiger partial charge in [-0.15, -0.1) is 0 Å². The van der Waals surface area contributed by atoms with E-state index in [0.29, 0.717) is 11.5 Å². The number of allylic oxidation sites excluding steroid dienone is 2. The third-order valence-electron chi connectivity index (χ3n) is 4.85. The van der Waals surface area contributed by atoms with Gasteiger partial charge in [0.15, 0.2) is 0 Å². The van der Waals surface area contributed by atoms with Crippen molar-refractivity contribution in [2.45, 2.75) is 18.4 Å². The summed E-state index contributed by atoms with van der Waals surface area (Å²) in [6, 6.07) is 13.4. The van der Waals surface area contributed by atoms with Gasteiger partial charge in [-0.1, -0.05) is 42.0 Å². The number of halogens is 1. The van der Waals surface area contributed by atoms with Gasteiger partial charge in [-0.25, -0.2) is 4.79 Å². The molecule has 0 fully saturated rings. The number of carboxylic acid groups (broad SMARTS) is 1. The van der Waals surface area contributed by atoms with E-state index >= 15 is 0 Å². The number of anilines is 1. The molecule has 0 radical (unpaired) electrons. The number of benzene rings is 2. The monoisotopic (exact) mass is 325 g/mol. The molecule has 0 amide bonds. The van der Waals surface area contributed by atoms with E-state index < -0.39 is 5.97 Å². The molecule has 23 heavy (non-hydrogen) atoms. The fraction of sp³-hybridized carbons (Fsp3) is 0.211. The quantitative estimate of drug-likeness (QED) is 0.775. The first kappa shape index (κ1) is 14.3. The summed E-state index contributed by atoms with van der Waals surface area (Å²) in [5.41, 5.74) is 3.49. The van der Waals surface area contributed by atoms with Crippen LogP contribution >= 0.6 is 11.6 Å². The average Bonchev–Trinajstić information content (AvgIpc) is 3.04. The molecule has 3 unspecified atom stereocenters. The van der Waals surface area contributed by atoms with Crippen LogP contribution in [-0.4, -0.2) is 11.1 Å². The molecule has 1 heterocycles. The van der Waals surface area contributed by atoms with Crippen molar-refractivity contribution in [1.82, 2.24) is 0 Å². The molecule has 0 spiro atoms. The molecular formula is C19H16ClNO2. The molecule has 0 saturated heterocycles. The fourth-order valence-electron chi connectivity index (χ4n) is 3.76. The lowest BCUT2D eigenvalue weighted by atomic mass is 9.76. The van der Waals surface area contributed by atoms with Crippen LogP contribution in [0.5, 0.6) is 0 Å². The first-order valence-corrected chi connectivity index (χ1v) is 8.08. The second-order valence-electron chi connectivity index (χ2n) is 6.10. The number of carbonyl (C=O) groups is 1. The number of hydrogen-bond donors (Lipinski definition) is 2. The summed E-state index contributed by atoms with van der Waals surface area (Å²) in [6.07, 6.45) is 5.34. The minimum Gasteiger partial charge on any atom is -0.478 e. The van der Waals surface area contributed by atoms with Crippen LogP contribution in [0, 0.1) is 5.92 Å². The Morgan fingerprint density at radius 2 is 2.00 bits per heavy atom. The molecule has 0 aromatic heterocycles. The van der Waals surface area contributed by atoms with Crippen molar-refractivity contribution >= 4 is 23.3 Å². The first-order chi connectivity index (χ1) is 11.1. The number of aromatic carboxylic acids is 1. The second kappa shape index (κ2) is 5.43. The van der Waals surface area contributed by atoms with Crippen molar-refractivity contribution in [2.75, 3.05) is 5.32 Å². The molecule has 0 saturated carbocycles. The molecular weight excluding hydrogens is 310 g/mol. The molecule has 2 aliphatic rings. The SMILES string of the molecule is O=C(O)c1ccc2c(c1)C1C=CCC1C(c1ccccc1Cl)N2. The van der Waals surface area contributed by atoms with Gasteiger partial charge in [0.2, 0.25) is 0 Å². The number of rotatable bonds is 2. The van der Waals surface area contributed by atoms with Crippen LogP contribution < -0.4 is 5.32 Å². The van der Waals surface area contributed by atoms with Crippen molar-refractivity contribution in [3.63, 3.8) is 0 Å². The van der Waals surface area contributed by atoms with Gasteiger partial charge >= 0.3 is 5.97 Å². The Labute approximate surface area is 139 Å². The lowest BCUT2D eigenvalue weighted by Gasteiger charge is -2.38. The van der Waals surface area contributed by atoms with Crippen LogP contribution in [0.25, 0.3) is 0 Å². The highest BCUT2D eigenvalue weighted by atomic mass is 35.5. The standard InChI is InChI=1S/C19H16ClNO2/c20-16-7-2-1-4-14(16)18-13-6-3-5-12(13)15-10-11(19(22)23)8-9-17(15)21-18/h1-5,7-10,12-13,18,21H,6H2,(H,22,23). The van der Waals surface area contributed by atoms with E-state index in [0.717, 1.165) is 28.3 Å². The maximum Gasteiger partial charge on any atom is 0.335 e. The zero-order valence-electron chi connectivity index (χ0n) is 12.4. The summed E-state index contributed by atoms with van der Waals surface area (Å²) in [6.45, 7) is 0.